The van der Waals surface area contributed by atoms with E-state index in [9.17, 15) is 0 Å². The van der Waals surface area contributed by atoms with Crippen LogP contribution in [0.5, 0.6) is 0 Å². The number of hydrogen-bond acceptors (Lipinski definition) is 3. The molecule has 5 heteroatoms. The Morgan fingerprint density at radius 1 is 1.09 bits per heavy atom. The van der Waals surface area contributed by atoms with Gasteiger partial charge >= 0.3 is 0 Å². The number of hydrogen-bond donors (Lipinski definition) is 1. The van der Waals surface area contributed by atoms with E-state index in [4.69, 9.17) is 0 Å². The Morgan fingerprint density at radius 2 is 1.91 bits per heavy atom. The van der Waals surface area contributed by atoms with Crippen LogP contribution in [0.3, 0.4) is 0 Å². The van der Waals surface area contributed by atoms with Crippen molar-refractivity contribution in [2.75, 3.05) is 0 Å². The van der Waals surface area contributed by atoms with E-state index in [1.54, 1.807) is 4.68 Å². The Bertz CT molecular complexity index is 963. The van der Waals surface area contributed by atoms with Crippen molar-refractivity contribution in [1.82, 2.24) is 25.2 Å². The molecule has 23 heavy (non-hydrogen) atoms. The van der Waals surface area contributed by atoms with Crippen LogP contribution in [0.4, 0.5) is 0 Å². The van der Waals surface area contributed by atoms with Crippen molar-refractivity contribution in [1.29, 1.82) is 0 Å². The third kappa shape index (κ3) is 2.40. The quantitative estimate of drug-likeness (QED) is 0.628. The zero-order chi connectivity index (χ0) is 15.8. The van der Waals surface area contributed by atoms with E-state index in [-0.39, 0.29) is 0 Å². The highest BCUT2D eigenvalue weighted by Gasteiger charge is 2.08. The van der Waals surface area contributed by atoms with Crippen LogP contribution >= 0.6 is 0 Å². The number of nitrogens with one attached hydrogen (secondary N) is 1. The average Bonchev–Trinajstić information content (AvgIpc) is 3.22. The first-order chi connectivity index (χ1) is 11.2. The smallest absolute Gasteiger partial charge is 0.113 e. The molecule has 4 rings (SSSR count). The van der Waals surface area contributed by atoms with E-state index in [1.807, 2.05) is 25.3 Å². The molecule has 0 saturated carbocycles. The molecule has 1 N–H and O–H groups in total. The van der Waals surface area contributed by atoms with Crippen molar-refractivity contribution in [3.05, 3.63) is 59.9 Å². The van der Waals surface area contributed by atoms with Gasteiger partial charge in [0.15, 0.2) is 0 Å². The van der Waals surface area contributed by atoms with Crippen LogP contribution in [0, 0.1) is 6.92 Å². The van der Waals surface area contributed by atoms with Crippen molar-refractivity contribution < 1.29 is 0 Å². The molecular weight excluding hydrogens is 286 g/mol. The summed E-state index contributed by atoms with van der Waals surface area (Å²) in [4.78, 5) is 0. The molecule has 2 heterocycles. The van der Waals surface area contributed by atoms with Gasteiger partial charge in [0.2, 0.25) is 0 Å². The van der Waals surface area contributed by atoms with Crippen molar-refractivity contribution in [3.63, 3.8) is 0 Å². The van der Waals surface area contributed by atoms with Crippen LogP contribution in [-0.2, 0) is 6.42 Å². The summed E-state index contributed by atoms with van der Waals surface area (Å²) in [7, 11) is 0. The van der Waals surface area contributed by atoms with Crippen molar-refractivity contribution in [3.8, 4) is 16.9 Å². The van der Waals surface area contributed by atoms with Crippen LogP contribution < -0.4 is 0 Å². The second kappa shape index (κ2) is 5.35. The molecule has 0 aliphatic heterocycles. The van der Waals surface area contributed by atoms with Crippen LogP contribution in [0.1, 0.15) is 18.2 Å². The predicted molar refractivity (Wildman–Crippen MR) is 90.6 cm³/mol. The lowest BCUT2D eigenvalue weighted by molar-refractivity contribution is 0.803. The predicted octanol–water partition coefficient (Wildman–Crippen LogP) is 3.68. The number of aromatic nitrogens is 5. The van der Waals surface area contributed by atoms with E-state index in [1.165, 1.54) is 5.56 Å². The fourth-order valence-electron chi connectivity index (χ4n) is 2.71. The van der Waals surface area contributed by atoms with Crippen molar-refractivity contribution >= 4 is 10.9 Å². The lowest BCUT2D eigenvalue weighted by Crippen LogP contribution is -1.94. The van der Waals surface area contributed by atoms with Gasteiger partial charge in [0.1, 0.15) is 5.69 Å². The van der Waals surface area contributed by atoms with Gasteiger partial charge in [-0.2, -0.15) is 5.10 Å². The molecule has 0 spiro atoms. The SMILES string of the molecule is CCc1ccc(-n2cc(-c3ccc4[nH]nc(C)c4c3)nn2)cc1. The molecule has 0 aliphatic carbocycles. The van der Waals surface area contributed by atoms with E-state index >= 15 is 0 Å². The molecule has 0 saturated heterocycles. The first kappa shape index (κ1) is 13.7. The summed E-state index contributed by atoms with van der Waals surface area (Å²) >= 11 is 0. The topological polar surface area (TPSA) is 59.4 Å². The molecule has 0 aliphatic rings. The molecule has 0 amide bonds. The van der Waals surface area contributed by atoms with Gasteiger partial charge < -0.3 is 0 Å². The minimum Gasteiger partial charge on any atom is -0.278 e. The number of rotatable bonds is 3. The first-order valence-corrected chi connectivity index (χ1v) is 7.71. The maximum atomic E-state index is 4.31. The highest BCUT2D eigenvalue weighted by Crippen LogP contribution is 2.24. The summed E-state index contributed by atoms with van der Waals surface area (Å²) in [6.07, 6.45) is 2.99. The molecule has 0 fully saturated rings. The molecule has 0 radical (unpaired) electrons. The summed E-state index contributed by atoms with van der Waals surface area (Å²) in [6, 6.07) is 14.5. The average molecular weight is 303 g/mol. The van der Waals surface area contributed by atoms with Gasteiger partial charge in [0, 0.05) is 10.9 Å². The molecule has 114 valence electrons. The van der Waals surface area contributed by atoms with Crippen LogP contribution in [0.25, 0.3) is 27.8 Å². The van der Waals surface area contributed by atoms with E-state index in [2.05, 4.69) is 57.8 Å². The van der Waals surface area contributed by atoms with Gasteiger partial charge in [-0.1, -0.05) is 30.3 Å². The summed E-state index contributed by atoms with van der Waals surface area (Å²) in [5.74, 6) is 0. The number of benzene rings is 2. The molecule has 2 aromatic heterocycles. The molecule has 4 aromatic rings. The lowest BCUT2D eigenvalue weighted by atomic mass is 10.1. The fraction of sp³-hybridized carbons (Fsp3) is 0.167. The molecule has 0 bridgehead atoms. The van der Waals surface area contributed by atoms with Crippen LogP contribution in [0.15, 0.2) is 48.7 Å². The minimum absolute atomic E-state index is 0.854. The normalized spacial score (nSPS) is 11.2. The van der Waals surface area contributed by atoms with E-state index in [0.29, 0.717) is 0 Å². The largest absolute Gasteiger partial charge is 0.278 e. The van der Waals surface area contributed by atoms with Gasteiger partial charge in [0.25, 0.3) is 0 Å². The maximum Gasteiger partial charge on any atom is 0.113 e. The molecule has 5 nitrogen and oxygen atoms in total. The Morgan fingerprint density at radius 3 is 2.70 bits per heavy atom. The zero-order valence-electron chi connectivity index (χ0n) is 13.1. The highest BCUT2D eigenvalue weighted by atomic mass is 15.4. The Hall–Kier alpha value is -2.95. The number of aryl methyl sites for hydroxylation is 2. The second-order valence-electron chi connectivity index (χ2n) is 5.64. The lowest BCUT2D eigenvalue weighted by Gasteiger charge is -2.01. The van der Waals surface area contributed by atoms with Crippen molar-refractivity contribution in [2.24, 2.45) is 0 Å². The number of fused-ring (bicyclic) bond motifs is 1. The summed E-state index contributed by atoms with van der Waals surface area (Å²) in [5.41, 5.74) is 6.25. The molecular formula is C18H17N5. The standard InChI is InChI=1S/C18H17N5/c1-3-13-4-7-15(8-5-13)23-11-18(21-22-23)14-6-9-17-16(10-14)12(2)19-20-17/h4-11H,3H2,1-2H3,(H,19,20). The number of H-pyrrole nitrogens is 1. The monoisotopic (exact) mass is 303 g/mol. The summed E-state index contributed by atoms with van der Waals surface area (Å²) in [5, 5.41) is 16.9. The van der Waals surface area contributed by atoms with Gasteiger partial charge in [0.05, 0.1) is 23.1 Å². The van der Waals surface area contributed by atoms with E-state index < -0.39 is 0 Å². The van der Waals surface area contributed by atoms with Crippen molar-refractivity contribution in [2.45, 2.75) is 20.3 Å². The van der Waals surface area contributed by atoms with Crippen LogP contribution in [-0.4, -0.2) is 25.2 Å². The summed E-state index contributed by atoms with van der Waals surface area (Å²) in [6.45, 7) is 4.14. The second-order valence-corrected chi connectivity index (χ2v) is 5.64. The van der Waals surface area contributed by atoms with Gasteiger partial charge in [-0.3, -0.25) is 5.10 Å². The fourth-order valence-corrected chi connectivity index (χ4v) is 2.71. The molecule has 2 aromatic carbocycles. The van der Waals surface area contributed by atoms with Gasteiger partial charge in [-0.25, -0.2) is 4.68 Å². The van der Waals surface area contributed by atoms with E-state index in [0.717, 1.165) is 40.0 Å². The molecule has 0 unspecified atom stereocenters. The Labute approximate surface area is 134 Å². The Balaban J connectivity index is 1.71. The maximum absolute atomic E-state index is 4.31. The first-order valence-electron chi connectivity index (χ1n) is 7.71. The van der Waals surface area contributed by atoms with Crippen LogP contribution in [0.2, 0.25) is 0 Å². The Kier molecular flexibility index (Phi) is 3.19. The number of aromatic amines is 1. The summed E-state index contributed by atoms with van der Waals surface area (Å²) < 4.78 is 1.81. The molecule has 0 atom stereocenters. The zero-order valence-corrected chi connectivity index (χ0v) is 13.1. The third-order valence-corrected chi connectivity index (χ3v) is 4.15. The third-order valence-electron chi connectivity index (χ3n) is 4.15. The van der Waals surface area contributed by atoms with Gasteiger partial charge in [-0.15, -0.1) is 5.10 Å². The highest BCUT2D eigenvalue weighted by molar-refractivity contribution is 5.85. The minimum atomic E-state index is 0.854. The number of nitrogens with zero attached hydrogens (tertiary/aromatic N) is 4. The van der Waals surface area contributed by atoms with Gasteiger partial charge in [-0.05, 0) is 43.2 Å².